The summed E-state index contributed by atoms with van der Waals surface area (Å²) in [6.07, 6.45) is 5.09. The third-order valence-electron chi connectivity index (χ3n) is 4.86. The smallest absolute Gasteiger partial charge is 0.162 e. The summed E-state index contributed by atoms with van der Waals surface area (Å²) >= 11 is 13.2. The first-order valence-electron chi connectivity index (χ1n) is 8.12. The van der Waals surface area contributed by atoms with Crippen LogP contribution in [0, 0.1) is 5.41 Å². The van der Waals surface area contributed by atoms with Crippen molar-refractivity contribution < 1.29 is 9.47 Å². The Morgan fingerprint density at radius 3 is 2.36 bits per heavy atom. The van der Waals surface area contributed by atoms with Crippen molar-refractivity contribution >= 4 is 23.2 Å². The van der Waals surface area contributed by atoms with Crippen molar-refractivity contribution in [2.75, 3.05) is 13.2 Å². The van der Waals surface area contributed by atoms with E-state index < -0.39 is 5.79 Å². The molecule has 2 nitrogen and oxygen atoms in total. The van der Waals surface area contributed by atoms with Gasteiger partial charge in [-0.15, -0.1) is 0 Å². The minimum absolute atomic E-state index is 0.00544. The van der Waals surface area contributed by atoms with E-state index in [9.17, 15) is 0 Å². The fourth-order valence-corrected chi connectivity index (χ4v) is 4.09. The number of hydrogen-bond donors (Lipinski definition) is 0. The second-order valence-corrected chi connectivity index (χ2v) is 8.01. The Kier molecular flexibility index (Phi) is 4.50. The second-order valence-electron chi connectivity index (χ2n) is 7.22. The van der Waals surface area contributed by atoms with Crippen LogP contribution >= 0.6 is 23.2 Å². The number of rotatable bonds is 3. The van der Waals surface area contributed by atoms with Crippen LogP contribution in [-0.2, 0) is 28.7 Å². The summed E-state index contributed by atoms with van der Waals surface area (Å²) in [6, 6.07) is 2.06. The van der Waals surface area contributed by atoms with Crippen LogP contribution in [0.15, 0.2) is 6.07 Å². The Hall–Kier alpha value is -0.280. The first-order valence-corrected chi connectivity index (χ1v) is 8.88. The molecule has 1 spiro atoms. The minimum atomic E-state index is -0.486. The molecular weight excluding hydrogens is 319 g/mol. The lowest BCUT2D eigenvalue weighted by Crippen LogP contribution is -2.47. The molecule has 122 valence electrons. The van der Waals surface area contributed by atoms with Crippen molar-refractivity contribution in [3.8, 4) is 0 Å². The molecule has 0 saturated carbocycles. The van der Waals surface area contributed by atoms with Crippen LogP contribution in [0.4, 0.5) is 0 Å². The van der Waals surface area contributed by atoms with Gasteiger partial charge in [-0.1, -0.05) is 36.5 Å². The average Bonchev–Trinajstić information content (AvgIpc) is 2.86. The highest BCUT2D eigenvalue weighted by Gasteiger charge is 2.45. The molecule has 22 heavy (non-hydrogen) atoms. The van der Waals surface area contributed by atoms with Crippen LogP contribution in [0.3, 0.4) is 0 Å². The van der Waals surface area contributed by atoms with Gasteiger partial charge in [0.05, 0.1) is 13.2 Å². The SMILES string of the molecule is CCCCc1cc(Cl)c2c(c1Cl)CC1(COC(C)(C)OC1)C2. The maximum absolute atomic E-state index is 6.68. The number of aryl methyl sites for hydroxylation is 1. The van der Waals surface area contributed by atoms with Crippen molar-refractivity contribution in [2.24, 2.45) is 5.41 Å². The van der Waals surface area contributed by atoms with Gasteiger partial charge in [-0.25, -0.2) is 0 Å². The number of ether oxygens (including phenoxy) is 2. The van der Waals surface area contributed by atoms with Gasteiger partial charge in [-0.3, -0.25) is 0 Å². The molecule has 1 aliphatic carbocycles. The highest BCUT2D eigenvalue weighted by molar-refractivity contribution is 6.35. The van der Waals surface area contributed by atoms with Gasteiger partial charge in [0.25, 0.3) is 0 Å². The zero-order valence-electron chi connectivity index (χ0n) is 13.6. The predicted molar refractivity (Wildman–Crippen MR) is 90.9 cm³/mol. The van der Waals surface area contributed by atoms with E-state index in [2.05, 4.69) is 13.0 Å². The zero-order chi connectivity index (χ0) is 16.0. The van der Waals surface area contributed by atoms with Gasteiger partial charge >= 0.3 is 0 Å². The third-order valence-corrected chi connectivity index (χ3v) is 5.66. The van der Waals surface area contributed by atoms with E-state index in [1.165, 1.54) is 16.7 Å². The lowest BCUT2D eigenvalue weighted by molar-refractivity contribution is -0.283. The standard InChI is InChI=1S/C18H24Cl2O2/c1-4-5-6-12-7-15(19)13-8-18(9-14(13)16(12)20)10-21-17(2,3)22-11-18/h7H,4-6,8-11H2,1-3H3. The van der Waals surface area contributed by atoms with Crippen LogP contribution in [-0.4, -0.2) is 19.0 Å². The molecule has 0 bridgehead atoms. The molecule has 0 radical (unpaired) electrons. The van der Waals surface area contributed by atoms with Gasteiger partial charge in [0.1, 0.15) is 0 Å². The normalized spacial score (nSPS) is 22.0. The Balaban J connectivity index is 1.87. The second kappa shape index (κ2) is 5.98. The number of benzene rings is 1. The van der Waals surface area contributed by atoms with E-state index in [1.54, 1.807) is 0 Å². The van der Waals surface area contributed by atoms with Gasteiger partial charge in [-0.05, 0) is 62.3 Å². The molecule has 0 aromatic heterocycles. The maximum Gasteiger partial charge on any atom is 0.162 e. The van der Waals surface area contributed by atoms with Gasteiger partial charge < -0.3 is 9.47 Å². The highest BCUT2D eigenvalue weighted by atomic mass is 35.5. The molecule has 1 aromatic rings. The van der Waals surface area contributed by atoms with Crippen LogP contribution < -0.4 is 0 Å². The Morgan fingerprint density at radius 1 is 1.09 bits per heavy atom. The quantitative estimate of drug-likeness (QED) is 0.751. The molecule has 2 aliphatic rings. The summed E-state index contributed by atoms with van der Waals surface area (Å²) in [5.41, 5.74) is 3.59. The summed E-state index contributed by atoms with van der Waals surface area (Å²) in [4.78, 5) is 0. The molecule has 0 N–H and O–H groups in total. The summed E-state index contributed by atoms with van der Waals surface area (Å²) < 4.78 is 11.8. The van der Waals surface area contributed by atoms with E-state index in [0.717, 1.165) is 42.1 Å². The van der Waals surface area contributed by atoms with E-state index in [1.807, 2.05) is 13.8 Å². The molecular formula is C18H24Cl2O2. The predicted octanol–water partition coefficient (Wildman–Crippen LogP) is 5.20. The van der Waals surface area contributed by atoms with Crippen molar-refractivity contribution in [2.45, 2.75) is 58.7 Å². The number of hydrogen-bond acceptors (Lipinski definition) is 2. The molecule has 0 unspecified atom stereocenters. The van der Waals surface area contributed by atoms with E-state index >= 15 is 0 Å². The first kappa shape index (κ1) is 16.6. The Morgan fingerprint density at radius 2 is 1.73 bits per heavy atom. The van der Waals surface area contributed by atoms with Gasteiger partial charge in [0.15, 0.2) is 5.79 Å². The fourth-order valence-electron chi connectivity index (χ4n) is 3.45. The summed E-state index contributed by atoms with van der Waals surface area (Å²) in [6.45, 7) is 7.52. The Labute approximate surface area is 143 Å². The molecule has 0 atom stereocenters. The molecule has 1 aliphatic heterocycles. The summed E-state index contributed by atoms with van der Waals surface area (Å²) in [5.74, 6) is -0.486. The molecule has 3 rings (SSSR count). The van der Waals surface area contributed by atoms with Gasteiger partial charge in [-0.2, -0.15) is 0 Å². The van der Waals surface area contributed by atoms with Crippen LogP contribution in [0.5, 0.6) is 0 Å². The largest absolute Gasteiger partial charge is 0.350 e. The molecule has 0 amide bonds. The number of unbranched alkanes of at least 4 members (excludes halogenated alkanes) is 1. The van der Waals surface area contributed by atoms with E-state index in [0.29, 0.717) is 13.2 Å². The topological polar surface area (TPSA) is 18.5 Å². The summed E-state index contributed by atoms with van der Waals surface area (Å²) in [5, 5.41) is 1.77. The first-order chi connectivity index (χ1) is 10.4. The number of halogens is 2. The average molecular weight is 343 g/mol. The van der Waals surface area contributed by atoms with Crippen LogP contribution in [0.2, 0.25) is 10.0 Å². The minimum Gasteiger partial charge on any atom is -0.350 e. The molecule has 1 heterocycles. The van der Waals surface area contributed by atoms with Crippen molar-refractivity contribution in [1.29, 1.82) is 0 Å². The lowest BCUT2D eigenvalue weighted by Gasteiger charge is -2.41. The number of fused-ring (bicyclic) bond motifs is 1. The molecule has 1 fully saturated rings. The van der Waals surface area contributed by atoms with Crippen molar-refractivity contribution in [3.63, 3.8) is 0 Å². The van der Waals surface area contributed by atoms with Gasteiger partial charge in [0.2, 0.25) is 0 Å². The lowest BCUT2D eigenvalue weighted by atomic mass is 9.85. The molecule has 1 saturated heterocycles. The van der Waals surface area contributed by atoms with Crippen LogP contribution in [0.1, 0.15) is 50.3 Å². The van der Waals surface area contributed by atoms with Crippen molar-refractivity contribution in [1.82, 2.24) is 0 Å². The zero-order valence-corrected chi connectivity index (χ0v) is 15.1. The van der Waals surface area contributed by atoms with E-state index in [4.69, 9.17) is 32.7 Å². The van der Waals surface area contributed by atoms with Crippen molar-refractivity contribution in [3.05, 3.63) is 32.8 Å². The third kappa shape index (κ3) is 3.03. The van der Waals surface area contributed by atoms with E-state index in [-0.39, 0.29) is 5.41 Å². The van der Waals surface area contributed by atoms with Gasteiger partial charge in [0, 0.05) is 15.5 Å². The monoisotopic (exact) mass is 342 g/mol. The molecule has 1 aromatic carbocycles. The maximum atomic E-state index is 6.68. The summed E-state index contributed by atoms with van der Waals surface area (Å²) in [7, 11) is 0. The van der Waals surface area contributed by atoms with Crippen LogP contribution in [0.25, 0.3) is 0 Å². The Bertz CT molecular complexity index is 571. The molecule has 4 heteroatoms. The highest BCUT2D eigenvalue weighted by Crippen LogP contribution is 2.47. The fraction of sp³-hybridized carbons (Fsp3) is 0.667.